The molecule has 144 valence electrons. The molecule has 1 saturated heterocycles. The summed E-state index contributed by atoms with van der Waals surface area (Å²) in [5.41, 5.74) is 3.69. The predicted octanol–water partition coefficient (Wildman–Crippen LogP) is 3.68. The van der Waals surface area contributed by atoms with E-state index in [0.29, 0.717) is 18.8 Å². The number of halogens is 1. The van der Waals surface area contributed by atoms with Gasteiger partial charge in [-0.25, -0.2) is 9.37 Å². The van der Waals surface area contributed by atoms with Crippen molar-refractivity contribution in [2.24, 2.45) is 0 Å². The third-order valence-electron chi connectivity index (χ3n) is 5.35. The van der Waals surface area contributed by atoms with Gasteiger partial charge in [0.1, 0.15) is 11.5 Å². The average molecular weight is 377 g/mol. The Bertz CT molecular complexity index is 979. The van der Waals surface area contributed by atoms with Crippen LogP contribution < -0.4 is 0 Å². The summed E-state index contributed by atoms with van der Waals surface area (Å²) in [7, 11) is 0. The van der Waals surface area contributed by atoms with E-state index < -0.39 is 0 Å². The molecule has 1 aromatic heterocycles. The van der Waals surface area contributed by atoms with Crippen LogP contribution >= 0.6 is 0 Å². The number of nitrogens with zero attached hydrogens (tertiary/aromatic N) is 3. The molecule has 0 bridgehead atoms. The van der Waals surface area contributed by atoms with Gasteiger partial charge >= 0.3 is 0 Å². The van der Waals surface area contributed by atoms with Crippen LogP contribution in [0.4, 0.5) is 4.39 Å². The Morgan fingerprint density at radius 3 is 2.50 bits per heavy atom. The summed E-state index contributed by atoms with van der Waals surface area (Å²) in [5, 5.41) is 1.06. The molecule has 2 aromatic carbocycles. The van der Waals surface area contributed by atoms with Crippen LogP contribution in [0.15, 0.2) is 54.6 Å². The van der Waals surface area contributed by atoms with Crippen LogP contribution in [0.2, 0.25) is 0 Å². The number of carbonyl (C=O) groups excluding carboxylic acids is 1. The van der Waals surface area contributed by atoms with Gasteiger partial charge in [-0.05, 0) is 49.2 Å². The van der Waals surface area contributed by atoms with E-state index in [9.17, 15) is 9.18 Å². The predicted molar refractivity (Wildman–Crippen MR) is 109 cm³/mol. The molecule has 0 unspecified atom stereocenters. The van der Waals surface area contributed by atoms with E-state index in [1.165, 1.54) is 17.7 Å². The molecule has 5 heteroatoms. The van der Waals surface area contributed by atoms with E-state index in [1.807, 2.05) is 48.2 Å². The van der Waals surface area contributed by atoms with Crippen molar-refractivity contribution in [2.75, 3.05) is 32.7 Å². The minimum absolute atomic E-state index is 0.000611. The van der Waals surface area contributed by atoms with E-state index in [2.05, 4.69) is 16.0 Å². The molecule has 28 heavy (non-hydrogen) atoms. The molecule has 4 rings (SSSR count). The molecule has 1 aliphatic heterocycles. The fourth-order valence-electron chi connectivity index (χ4n) is 3.64. The highest BCUT2D eigenvalue weighted by molar-refractivity contribution is 5.95. The summed E-state index contributed by atoms with van der Waals surface area (Å²) in [4.78, 5) is 21.6. The molecule has 2 heterocycles. The quantitative estimate of drug-likeness (QED) is 0.696. The Balaban J connectivity index is 1.33. The Morgan fingerprint density at radius 1 is 1.00 bits per heavy atom. The summed E-state index contributed by atoms with van der Waals surface area (Å²) >= 11 is 0. The first-order chi connectivity index (χ1) is 13.6. The molecule has 1 amide bonds. The second kappa shape index (κ2) is 8.07. The van der Waals surface area contributed by atoms with Crippen LogP contribution in [0.1, 0.15) is 21.6 Å². The summed E-state index contributed by atoms with van der Waals surface area (Å²) in [5.74, 6) is -0.200. The topological polar surface area (TPSA) is 36.4 Å². The second-order valence-electron chi connectivity index (χ2n) is 7.40. The van der Waals surface area contributed by atoms with Gasteiger partial charge in [-0.3, -0.25) is 9.69 Å². The average Bonchev–Trinajstić information content (AvgIpc) is 2.73. The first-order valence-corrected chi connectivity index (χ1v) is 9.72. The molecule has 0 radical (unpaired) electrons. The SMILES string of the molecule is Cc1ccc2nc(C(=O)N3CCN(CCc4ccc(F)cc4)CC3)ccc2c1. The fraction of sp³-hybridized carbons (Fsp3) is 0.304. The van der Waals surface area contributed by atoms with Crippen LogP contribution in [0.5, 0.6) is 0 Å². The smallest absolute Gasteiger partial charge is 0.272 e. The largest absolute Gasteiger partial charge is 0.335 e. The minimum Gasteiger partial charge on any atom is -0.335 e. The zero-order valence-electron chi connectivity index (χ0n) is 16.1. The van der Waals surface area contributed by atoms with Crippen molar-refractivity contribution >= 4 is 16.8 Å². The maximum absolute atomic E-state index is 13.0. The number of carbonyl (C=O) groups is 1. The van der Waals surface area contributed by atoms with Crippen molar-refractivity contribution in [2.45, 2.75) is 13.3 Å². The van der Waals surface area contributed by atoms with Gasteiger partial charge in [0, 0.05) is 38.1 Å². The molecule has 0 spiro atoms. The first kappa shape index (κ1) is 18.6. The van der Waals surface area contributed by atoms with Gasteiger partial charge in [-0.1, -0.05) is 29.8 Å². The minimum atomic E-state index is -0.201. The molecule has 1 fully saturated rings. The van der Waals surface area contributed by atoms with E-state index in [-0.39, 0.29) is 11.7 Å². The number of piperazine rings is 1. The van der Waals surface area contributed by atoms with Crippen molar-refractivity contribution in [3.05, 3.63) is 77.2 Å². The molecule has 0 saturated carbocycles. The number of benzene rings is 2. The summed E-state index contributed by atoms with van der Waals surface area (Å²) in [6, 6.07) is 16.5. The Kier molecular flexibility index (Phi) is 5.35. The molecule has 0 N–H and O–H groups in total. The fourth-order valence-corrected chi connectivity index (χ4v) is 3.64. The van der Waals surface area contributed by atoms with E-state index >= 15 is 0 Å². The summed E-state index contributed by atoms with van der Waals surface area (Å²) < 4.78 is 13.0. The van der Waals surface area contributed by atoms with Crippen LogP contribution in [0.3, 0.4) is 0 Å². The van der Waals surface area contributed by atoms with Crippen molar-refractivity contribution in [1.82, 2.24) is 14.8 Å². The van der Waals surface area contributed by atoms with Gasteiger partial charge in [0.05, 0.1) is 5.52 Å². The van der Waals surface area contributed by atoms with Crippen molar-refractivity contribution in [1.29, 1.82) is 0 Å². The zero-order chi connectivity index (χ0) is 19.5. The van der Waals surface area contributed by atoms with E-state index in [1.54, 1.807) is 0 Å². The number of pyridine rings is 1. The summed E-state index contributed by atoms with van der Waals surface area (Å²) in [6.45, 7) is 6.07. The second-order valence-corrected chi connectivity index (χ2v) is 7.40. The number of amides is 1. The molecular formula is C23H24FN3O. The standard InChI is InChI=1S/C23H24FN3O/c1-17-2-8-21-19(16-17)5-9-22(25-21)23(28)27-14-12-26(13-15-27)11-10-18-3-6-20(24)7-4-18/h2-9,16H,10-15H2,1H3. The monoisotopic (exact) mass is 377 g/mol. The third kappa shape index (κ3) is 4.20. The number of rotatable bonds is 4. The van der Waals surface area contributed by atoms with Crippen LogP contribution in [-0.2, 0) is 6.42 Å². The number of hydrogen-bond acceptors (Lipinski definition) is 3. The van der Waals surface area contributed by atoms with Crippen LogP contribution in [0, 0.1) is 12.7 Å². The van der Waals surface area contributed by atoms with Gasteiger partial charge in [-0.15, -0.1) is 0 Å². The Labute approximate surface area is 164 Å². The van der Waals surface area contributed by atoms with Crippen molar-refractivity contribution in [3.8, 4) is 0 Å². The lowest BCUT2D eigenvalue weighted by atomic mass is 10.1. The van der Waals surface area contributed by atoms with Crippen LogP contribution in [-0.4, -0.2) is 53.4 Å². The van der Waals surface area contributed by atoms with Crippen molar-refractivity contribution < 1.29 is 9.18 Å². The molecule has 3 aromatic rings. The third-order valence-corrected chi connectivity index (χ3v) is 5.35. The normalized spacial score (nSPS) is 15.1. The lowest BCUT2D eigenvalue weighted by Crippen LogP contribution is -2.49. The highest BCUT2D eigenvalue weighted by atomic mass is 19.1. The molecular weight excluding hydrogens is 353 g/mol. The van der Waals surface area contributed by atoms with Gasteiger partial charge in [-0.2, -0.15) is 0 Å². The summed E-state index contributed by atoms with van der Waals surface area (Å²) in [6.07, 6.45) is 0.889. The van der Waals surface area contributed by atoms with Gasteiger partial charge < -0.3 is 4.90 Å². The van der Waals surface area contributed by atoms with Crippen LogP contribution in [0.25, 0.3) is 10.9 Å². The number of aryl methyl sites for hydroxylation is 1. The van der Waals surface area contributed by atoms with Gasteiger partial charge in [0.15, 0.2) is 0 Å². The zero-order valence-corrected chi connectivity index (χ0v) is 16.1. The highest BCUT2D eigenvalue weighted by Crippen LogP contribution is 2.16. The Hall–Kier alpha value is -2.79. The maximum Gasteiger partial charge on any atom is 0.272 e. The number of hydrogen-bond donors (Lipinski definition) is 0. The van der Waals surface area contributed by atoms with Gasteiger partial charge in [0.25, 0.3) is 5.91 Å². The lowest BCUT2D eigenvalue weighted by Gasteiger charge is -2.34. The van der Waals surface area contributed by atoms with Gasteiger partial charge in [0.2, 0.25) is 0 Å². The number of aromatic nitrogens is 1. The first-order valence-electron chi connectivity index (χ1n) is 9.72. The molecule has 0 atom stereocenters. The molecule has 0 aliphatic carbocycles. The Morgan fingerprint density at radius 2 is 1.75 bits per heavy atom. The maximum atomic E-state index is 13.0. The highest BCUT2D eigenvalue weighted by Gasteiger charge is 2.23. The molecule has 1 aliphatic rings. The van der Waals surface area contributed by atoms with E-state index in [0.717, 1.165) is 42.5 Å². The lowest BCUT2D eigenvalue weighted by molar-refractivity contribution is 0.0633. The number of fused-ring (bicyclic) bond motifs is 1. The van der Waals surface area contributed by atoms with Crippen molar-refractivity contribution in [3.63, 3.8) is 0 Å². The van der Waals surface area contributed by atoms with E-state index in [4.69, 9.17) is 0 Å². The molecule has 4 nitrogen and oxygen atoms in total.